The smallest absolute Gasteiger partial charge is 0.410 e. The van der Waals surface area contributed by atoms with Crippen LogP contribution < -0.4 is 0 Å². The molecule has 1 aliphatic heterocycles. The lowest BCUT2D eigenvalue weighted by Gasteiger charge is -2.33. The normalized spacial score (nSPS) is 14.7. The number of rotatable bonds is 8. The Morgan fingerprint density at radius 3 is 2.46 bits per heavy atom. The molecule has 152 valence electrons. The third-order valence-corrected chi connectivity index (χ3v) is 4.64. The quantitative estimate of drug-likeness (QED) is 0.506. The summed E-state index contributed by atoms with van der Waals surface area (Å²) < 4.78 is 10.3. The van der Waals surface area contributed by atoms with Gasteiger partial charge in [0.25, 0.3) is 0 Å². The van der Waals surface area contributed by atoms with Crippen LogP contribution in [0.1, 0.15) is 31.2 Å². The number of benzene rings is 1. The highest BCUT2D eigenvalue weighted by atomic mass is 16.6. The molecule has 0 N–H and O–H groups in total. The first-order valence-corrected chi connectivity index (χ1v) is 9.51. The molecule has 1 heterocycles. The van der Waals surface area contributed by atoms with Gasteiger partial charge in [0.15, 0.2) is 0 Å². The maximum Gasteiger partial charge on any atom is 0.410 e. The zero-order valence-corrected chi connectivity index (χ0v) is 16.3. The van der Waals surface area contributed by atoms with E-state index in [1.165, 1.54) is 18.0 Å². The zero-order valence-electron chi connectivity index (χ0n) is 16.3. The van der Waals surface area contributed by atoms with Gasteiger partial charge in [-0.3, -0.25) is 14.5 Å². The Morgan fingerprint density at radius 1 is 1.14 bits per heavy atom. The van der Waals surface area contributed by atoms with Crippen molar-refractivity contribution in [2.75, 3.05) is 26.7 Å². The van der Waals surface area contributed by atoms with Gasteiger partial charge in [-0.25, -0.2) is 4.79 Å². The van der Waals surface area contributed by atoms with Gasteiger partial charge >= 0.3 is 12.1 Å². The molecule has 7 nitrogen and oxygen atoms in total. The first kappa shape index (κ1) is 21.5. The van der Waals surface area contributed by atoms with Gasteiger partial charge in [0.1, 0.15) is 19.3 Å². The van der Waals surface area contributed by atoms with Crippen molar-refractivity contribution in [2.45, 2.75) is 38.3 Å². The van der Waals surface area contributed by atoms with Gasteiger partial charge < -0.3 is 14.4 Å². The molecule has 0 saturated carbocycles. The number of nitrogens with zero attached hydrogens (tertiary/aromatic N) is 2. The molecule has 0 aliphatic carbocycles. The van der Waals surface area contributed by atoms with Gasteiger partial charge in [0.05, 0.1) is 6.42 Å². The second-order valence-electron chi connectivity index (χ2n) is 6.73. The molecule has 1 aromatic carbocycles. The Bertz CT molecular complexity index is 671. The molecule has 1 saturated heterocycles. The number of carbonyl (C=O) groups excluding carboxylic acids is 3. The largest absolute Gasteiger partial charge is 0.461 e. The SMILES string of the molecule is C=CCOC(=O)N(C)C(CC(=O)OCc1ccccc1)C(=O)N1CCCCC1. The fourth-order valence-corrected chi connectivity index (χ4v) is 3.03. The summed E-state index contributed by atoms with van der Waals surface area (Å²) in [4.78, 5) is 40.4. The molecule has 1 unspecified atom stereocenters. The minimum absolute atomic E-state index is 0.0340. The van der Waals surface area contributed by atoms with Gasteiger partial charge in [-0.15, -0.1) is 0 Å². The average Bonchev–Trinajstić information content (AvgIpc) is 2.74. The van der Waals surface area contributed by atoms with Gasteiger partial charge in [-0.1, -0.05) is 43.0 Å². The van der Waals surface area contributed by atoms with Crippen LogP contribution >= 0.6 is 0 Å². The number of ether oxygens (including phenoxy) is 2. The molecule has 0 spiro atoms. The number of amides is 2. The minimum atomic E-state index is -0.960. The Balaban J connectivity index is 2.03. The van der Waals surface area contributed by atoms with E-state index in [0.717, 1.165) is 24.8 Å². The maximum absolute atomic E-state index is 13.0. The summed E-state index contributed by atoms with van der Waals surface area (Å²) >= 11 is 0. The summed E-state index contributed by atoms with van der Waals surface area (Å²) in [5, 5.41) is 0. The molecular formula is C21H28N2O5. The summed E-state index contributed by atoms with van der Waals surface area (Å²) in [5.41, 5.74) is 0.855. The van der Waals surface area contributed by atoms with Crippen molar-refractivity contribution in [1.82, 2.24) is 9.80 Å². The second kappa shape index (κ2) is 11.1. The topological polar surface area (TPSA) is 76.1 Å². The van der Waals surface area contributed by atoms with E-state index in [2.05, 4.69) is 6.58 Å². The average molecular weight is 388 g/mol. The number of esters is 1. The van der Waals surface area contributed by atoms with E-state index >= 15 is 0 Å². The fourth-order valence-electron chi connectivity index (χ4n) is 3.03. The van der Waals surface area contributed by atoms with Gasteiger partial charge in [-0.2, -0.15) is 0 Å². The summed E-state index contributed by atoms with van der Waals surface area (Å²) in [7, 11) is 1.46. The molecule has 1 fully saturated rings. The molecule has 0 radical (unpaired) electrons. The van der Waals surface area contributed by atoms with Crippen molar-refractivity contribution >= 4 is 18.0 Å². The lowest BCUT2D eigenvalue weighted by molar-refractivity contribution is -0.150. The van der Waals surface area contributed by atoms with Crippen LogP contribution in [0.15, 0.2) is 43.0 Å². The van der Waals surface area contributed by atoms with Crippen LogP contribution in [0.2, 0.25) is 0 Å². The van der Waals surface area contributed by atoms with E-state index in [0.29, 0.717) is 13.1 Å². The highest BCUT2D eigenvalue weighted by molar-refractivity contribution is 5.89. The first-order chi connectivity index (χ1) is 13.5. The van der Waals surface area contributed by atoms with Crippen LogP contribution in [0.25, 0.3) is 0 Å². The van der Waals surface area contributed by atoms with Crippen LogP contribution in [0.5, 0.6) is 0 Å². The number of carbonyl (C=O) groups is 3. The van der Waals surface area contributed by atoms with Crippen LogP contribution in [-0.4, -0.2) is 60.6 Å². The monoisotopic (exact) mass is 388 g/mol. The highest BCUT2D eigenvalue weighted by Gasteiger charge is 2.34. The Labute approximate surface area is 165 Å². The summed E-state index contributed by atoms with van der Waals surface area (Å²) in [6.07, 6.45) is 3.46. The van der Waals surface area contributed by atoms with Crippen molar-refractivity contribution in [1.29, 1.82) is 0 Å². The predicted octanol–water partition coefficient (Wildman–Crippen LogP) is 2.76. The molecule has 7 heteroatoms. The van der Waals surface area contributed by atoms with Gasteiger partial charge in [0.2, 0.25) is 5.91 Å². The Hall–Kier alpha value is -2.83. The summed E-state index contributed by atoms with van der Waals surface area (Å²) in [6, 6.07) is 8.33. The molecule has 2 rings (SSSR count). The molecule has 28 heavy (non-hydrogen) atoms. The Kier molecular flexibility index (Phi) is 8.52. The lowest BCUT2D eigenvalue weighted by atomic mass is 10.1. The molecule has 1 aromatic rings. The van der Waals surface area contributed by atoms with Crippen molar-refractivity contribution < 1.29 is 23.9 Å². The lowest BCUT2D eigenvalue weighted by Crippen LogP contribution is -2.51. The fraction of sp³-hybridized carbons (Fsp3) is 0.476. The van der Waals surface area contributed by atoms with E-state index in [9.17, 15) is 14.4 Å². The summed E-state index contributed by atoms with van der Waals surface area (Å²) in [5.74, 6) is -0.794. The van der Waals surface area contributed by atoms with Crippen molar-refractivity contribution in [3.8, 4) is 0 Å². The molecule has 1 atom stereocenters. The zero-order chi connectivity index (χ0) is 20.4. The standard InChI is InChI=1S/C21H28N2O5/c1-3-14-27-21(26)22(2)18(20(25)23-12-8-5-9-13-23)15-19(24)28-16-17-10-6-4-7-11-17/h3-4,6-7,10-11,18H,1,5,8-9,12-16H2,2H3. The Morgan fingerprint density at radius 2 is 1.82 bits per heavy atom. The predicted molar refractivity (Wildman–Crippen MR) is 104 cm³/mol. The third-order valence-electron chi connectivity index (χ3n) is 4.64. The van der Waals surface area contributed by atoms with E-state index in [1.807, 2.05) is 30.3 Å². The van der Waals surface area contributed by atoms with Gasteiger partial charge in [-0.05, 0) is 24.8 Å². The molecule has 1 aliphatic rings. The minimum Gasteiger partial charge on any atom is -0.461 e. The maximum atomic E-state index is 13.0. The van der Waals surface area contributed by atoms with Crippen molar-refractivity contribution in [3.05, 3.63) is 48.6 Å². The third kappa shape index (κ3) is 6.40. The highest BCUT2D eigenvalue weighted by Crippen LogP contribution is 2.16. The molecular weight excluding hydrogens is 360 g/mol. The van der Waals surface area contributed by atoms with Crippen molar-refractivity contribution in [3.63, 3.8) is 0 Å². The van der Waals surface area contributed by atoms with Crippen LogP contribution in [0.3, 0.4) is 0 Å². The van der Waals surface area contributed by atoms with Crippen LogP contribution in [0.4, 0.5) is 4.79 Å². The molecule has 0 bridgehead atoms. The number of piperidine rings is 1. The number of hydrogen-bond acceptors (Lipinski definition) is 5. The summed E-state index contributed by atoms with van der Waals surface area (Å²) in [6.45, 7) is 4.91. The van der Waals surface area contributed by atoms with E-state index < -0.39 is 18.1 Å². The van der Waals surface area contributed by atoms with Crippen LogP contribution in [-0.2, 0) is 25.7 Å². The van der Waals surface area contributed by atoms with E-state index in [-0.39, 0.29) is 25.5 Å². The molecule has 2 amide bonds. The number of likely N-dealkylation sites (N-methyl/N-ethyl adjacent to an activating group) is 1. The van der Waals surface area contributed by atoms with Crippen molar-refractivity contribution in [2.24, 2.45) is 0 Å². The number of hydrogen-bond donors (Lipinski definition) is 0. The second-order valence-corrected chi connectivity index (χ2v) is 6.73. The first-order valence-electron chi connectivity index (χ1n) is 9.51. The molecule has 0 aromatic heterocycles. The van der Waals surface area contributed by atoms with Crippen LogP contribution in [0, 0.1) is 0 Å². The van der Waals surface area contributed by atoms with E-state index in [1.54, 1.807) is 4.90 Å². The number of likely N-dealkylation sites (tertiary alicyclic amines) is 1. The van der Waals surface area contributed by atoms with E-state index in [4.69, 9.17) is 9.47 Å². The van der Waals surface area contributed by atoms with Gasteiger partial charge in [0, 0.05) is 20.1 Å².